The minimum absolute atomic E-state index is 0.0246. The van der Waals surface area contributed by atoms with Gasteiger partial charge in [-0.1, -0.05) is 53.7 Å². The standard InChI is InChI=1S/C29H38N2O3S/c1-16(2)19-12-21(17(3)4)28(22(13-19)18(5)6)35(32,33)24-9-8-23-26-20(15-31-23)14-25-29(7,27(24)26)34-11-10-30-25/h8-9,12-13,15-18,25,30-31H,10-11,14H2,1-7H3/t25-,29+/m1/s1. The van der Waals surface area contributed by atoms with Crippen molar-refractivity contribution in [2.24, 2.45) is 0 Å². The number of nitrogens with one attached hydrogen (secondary N) is 2. The third-order valence-corrected chi connectivity index (χ3v) is 9.94. The monoisotopic (exact) mass is 494 g/mol. The molecule has 188 valence electrons. The normalized spacial score (nSPS) is 22.4. The lowest BCUT2D eigenvalue weighted by Gasteiger charge is -2.46. The number of H-pyrrole nitrogens is 1. The average molecular weight is 495 g/mol. The van der Waals surface area contributed by atoms with Crippen LogP contribution < -0.4 is 5.32 Å². The predicted octanol–water partition coefficient (Wildman–Crippen LogP) is 6.13. The highest BCUT2D eigenvalue weighted by atomic mass is 32.2. The first-order valence-corrected chi connectivity index (χ1v) is 14.4. The summed E-state index contributed by atoms with van der Waals surface area (Å²) in [4.78, 5) is 4.22. The highest BCUT2D eigenvalue weighted by molar-refractivity contribution is 7.91. The molecule has 2 aromatic carbocycles. The maximum atomic E-state index is 14.8. The maximum absolute atomic E-state index is 14.8. The molecule has 1 fully saturated rings. The molecule has 1 saturated heterocycles. The van der Waals surface area contributed by atoms with Crippen LogP contribution in [0.25, 0.3) is 10.9 Å². The number of rotatable bonds is 5. The second-order valence-electron chi connectivity index (χ2n) is 11.3. The lowest BCUT2D eigenvalue weighted by Crippen LogP contribution is -2.57. The van der Waals surface area contributed by atoms with Crippen molar-refractivity contribution >= 4 is 20.7 Å². The lowest BCUT2D eigenvalue weighted by molar-refractivity contribution is -0.0921. The SMILES string of the molecule is CC(C)c1cc(C(C)C)c(S(=O)(=O)c2ccc3[nH]cc4c3c2[C@@]2(C)OCCN[C@@H]2C4)c(C(C)C)c1. The van der Waals surface area contributed by atoms with Gasteiger partial charge < -0.3 is 15.0 Å². The first kappa shape index (κ1) is 24.5. The maximum Gasteiger partial charge on any atom is 0.207 e. The summed E-state index contributed by atoms with van der Waals surface area (Å²) in [5.41, 5.74) is 5.19. The van der Waals surface area contributed by atoms with E-state index in [1.54, 1.807) is 6.07 Å². The van der Waals surface area contributed by atoms with Crippen LogP contribution >= 0.6 is 0 Å². The van der Waals surface area contributed by atoms with Crippen molar-refractivity contribution in [3.05, 3.63) is 58.3 Å². The molecule has 0 bridgehead atoms. The number of aromatic amines is 1. The molecule has 0 amide bonds. The molecule has 0 spiro atoms. The summed E-state index contributed by atoms with van der Waals surface area (Å²) in [5.74, 6) is 0.479. The van der Waals surface area contributed by atoms with Gasteiger partial charge in [0.2, 0.25) is 9.84 Å². The Hall–Kier alpha value is -2.15. The molecule has 5 nitrogen and oxygen atoms in total. The smallest absolute Gasteiger partial charge is 0.207 e. The van der Waals surface area contributed by atoms with E-state index in [9.17, 15) is 8.42 Å². The minimum Gasteiger partial charge on any atom is -0.368 e. The third-order valence-electron chi connectivity index (χ3n) is 8.01. The van der Waals surface area contributed by atoms with Crippen LogP contribution in [0.2, 0.25) is 0 Å². The Morgan fingerprint density at radius 3 is 2.26 bits per heavy atom. The zero-order chi connectivity index (χ0) is 25.3. The topological polar surface area (TPSA) is 71.2 Å². The molecule has 2 N–H and O–H groups in total. The summed E-state index contributed by atoms with van der Waals surface area (Å²) in [6, 6.07) is 7.97. The first-order chi connectivity index (χ1) is 16.5. The van der Waals surface area contributed by atoms with E-state index in [1.807, 2.05) is 12.3 Å². The summed E-state index contributed by atoms with van der Waals surface area (Å²) in [5, 5.41) is 4.60. The number of sulfone groups is 1. The van der Waals surface area contributed by atoms with Gasteiger partial charge in [0, 0.05) is 35.2 Å². The zero-order valence-electron chi connectivity index (χ0n) is 22.0. The minimum atomic E-state index is -3.84. The molecule has 0 unspecified atom stereocenters. The number of ether oxygens (including phenoxy) is 1. The number of hydrogen-bond donors (Lipinski definition) is 2. The van der Waals surface area contributed by atoms with Gasteiger partial charge in [-0.15, -0.1) is 0 Å². The summed E-state index contributed by atoms with van der Waals surface area (Å²) in [6.45, 7) is 16.1. The second kappa shape index (κ2) is 8.46. The molecule has 2 heterocycles. The van der Waals surface area contributed by atoms with Crippen LogP contribution in [-0.2, 0) is 26.6 Å². The summed E-state index contributed by atoms with van der Waals surface area (Å²) >= 11 is 0. The average Bonchev–Trinajstić information content (AvgIpc) is 3.22. The third kappa shape index (κ3) is 3.68. The van der Waals surface area contributed by atoms with Crippen LogP contribution in [0.4, 0.5) is 0 Å². The van der Waals surface area contributed by atoms with Crippen molar-refractivity contribution in [1.82, 2.24) is 10.3 Å². The molecule has 2 aliphatic rings. The van der Waals surface area contributed by atoms with E-state index in [2.05, 4.69) is 70.9 Å². The Balaban J connectivity index is 1.85. The van der Waals surface area contributed by atoms with Gasteiger partial charge in [0.1, 0.15) is 5.60 Å². The Morgan fingerprint density at radius 1 is 1.00 bits per heavy atom. The highest BCUT2D eigenvalue weighted by Gasteiger charge is 2.48. The summed E-state index contributed by atoms with van der Waals surface area (Å²) in [6.07, 6.45) is 2.83. The molecule has 2 atom stereocenters. The Bertz CT molecular complexity index is 1370. The van der Waals surface area contributed by atoms with Crippen LogP contribution in [0.15, 0.2) is 40.3 Å². The Kier molecular flexibility index (Phi) is 5.93. The van der Waals surface area contributed by atoms with Gasteiger partial charge in [-0.3, -0.25) is 0 Å². The Labute approximate surface area is 209 Å². The summed E-state index contributed by atoms with van der Waals surface area (Å²) in [7, 11) is -3.84. The van der Waals surface area contributed by atoms with Gasteiger partial charge in [-0.2, -0.15) is 0 Å². The van der Waals surface area contributed by atoms with E-state index in [4.69, 9.17) is 4.74 Å². The van der Waals surface area contributed by atoms with Gasteiger partial charge >= 0.3 is 0 Å². The van der Waals surface area contributed by atoms with Crippen molar-refractivity contribution < 1.29 is 13.2 Å². The molecular weight excluding hydrogens is 456 g/mol. The van der Waals surface area contributed by atoms with Crippen molar-refractivity contribution in [1.29, 1.82) is 0 Å². The van der Waals surface area contributed by atoms with Crippen LogP contribution in [0.1, 0.15) is 94.0 Å². The largest absolute Gasteiger partial charge is 0.368 e. The van der Waals surface area contributed by atoms with Crippen LogP contribution in [-0.4, -0.2) is 32.6 Å². The fourth-order valence-electron chi connectivity index (χ4n) is 5.99. The van der Waals surface area contributed by atoms with Gasteiger partial charge in [-0.25, -0.2) is 8.42 Å². The van der Waals surface area contributed by atoms with Gasteiger partial charge in [-0.05, 0) is 65.5 Å². The van der Waals surface area contributed by atoms with Gasteiger partial charge in [0.15, 0.2) is 0 Å². The van der Waals surface area contributed by atoms with Crippen LogP contribution in [0.3, 0.4) is 0 Å². The van der Waals surface area contributed by atoms with E-state index in [1.165, 1.54) is 5.56 Å². The molecule has 3 aromatic rings. The molecule has 1 aliphatic carbocycles. The molecule has 35 heavy (non-hydrogen) atoms. The molecule has 1 aromatic heterocycles. The first-order valence-electron chi connectivity index (χ1n) is 12.9. The molecular formula is C29H38N2O3S. The predicted molar refractivity (Wildman–Crippen MR) is 141 cm³/mol. The van der Waals surface area contributed by atoms with E-state index < -0.39 is 15.4 Å². The van der Waals surface area contributed by atoms with Crippen molar-refractivity contribution in [2.75, 3.05) is 13.2 Å². The highest BCUT2D eigenvalue weighted by Crippen LogP contribution is 2.48. The fourth-order valence-corrected chi connectivity index (χ4v) is 8.24. The molecule has 0 radical (unpaired) electrons. The molecule has 0 saturated carbocycles. The van der Waals surface area contributed by atoms with Gasteiger partial charge in [0.25, 0.3) is 0 Å². The van der Waals surface area contributed by atoms with E-state index in [0.717, 1.165) is 46.1 Å². The number of fused-ring (bicyclic) bond motifs is 2. The van der Waals surface area contributed by atoms with E-state index in [0.29, 0.717) is 22.3 Å². The quantitative estimate of drug-likeness (QED) is 0.448. The second-order valence-corrected chi connectivity index (χ2v) is 13.2. The Morgan fingerprint density at radius 2 is 1.66 bits per heavy atom. The number of aromatic nitrogens is 1. The molecule has 6 heteroatoms. The lowest BCUT2D eigenvalue weighted by atomic mass is 9.76. The van der Waals surface area contributed by atoms with Crippen molar-refractivity contribution in [2.45, 2.75) is 94.1 Å². The van der Waals surface area contributed by atoms with E-state index >= 15 is 0 Å². The van der Waals surface area contributed by atoms with Crippen LogP contribution in [0, 0.1) is 0 Å². The molecule has 1 aliphatic heterocycles. The number of hydrogen-bond acceptors (Lipinski definition) is 4. The van der Waals surface area contributed by atoms with Crippen molar-refractivity contribution in [3.8, 4) is 0 Å². The van der Waals surface area contributed by atoms with Gasteiger partial charge in [0.05, 0.1) is 16.4 Å². The van der Waals surface area contributed by atoms with Crippen molar-refractivity contribution in [3.63, 3.8) is 0 Å². The molecule has 5 rings (SSSR count). The van der Waals surface area contributed by atoms with Crippen LogP contribution in [0.5, 0.6) is 0 Å². The zero-order valence-corrected chi connectivity index (χ0v) is 22.8. The summed E-state index contributed by atoms with van der Waals surface area (Å²) < 4.78 is 36.0. The fraction of sp³-hybridized carbons (Fsp3) is 0.517. The number of benzene rings is 2. The number of morpholine rings is 1. The van der Waals surface area contributed by atoms with E-state index in [-0.39, 0.29) is 17.9 Å².